The number of nitrogens with one attached hydrogen (secondary N) is 1. The highest BCUT2D eigenvalue weighted by molar-refractivity contribution is 9.10. The van der Waals surface area contributed by atoms with Gasteiger partial charge in [0.05, 0.1) is 28.5 Å². The van der Waals surface area contributed by atoms with E-state index >= 15 is 0 Å². The van der Waals surface area contributed by atoms with Gasteiger partial charge in [0.1, 0.15) is 13.2 Å². The van der Waals surface area contributed by atoms with Gasteiger partial charge in [-0.25, -0.2) is 9.59 Å². The van der Waals surface area contributed by atoms with Gasteiger partial charge in [-0.15, -0.1) is 0 Å². The first-order chi connectivity index (χ1) is 10.6. The van der Waals surface area contributed by atoms with Crippen molar-refractivity contribution < 1.29 is 19.1 Å². The average molecular weight is 362 g/mol. The summed E-state index contributed by atoms with van der Waals surface area (Å²) in [7, 11) is 0. The highest BCUT2D eigenvalue weighted by atomic mass is 79.9. The summed E-state index contributed by atoms with van der Waals surface area (Å²) >= 11 is 3.47. The number of hydrogen-bond donors (Lipinski definition) is 1. The average Bonchev–Trinajstić information content (AvgIpc) is 3.05. The van der Waals surface area contributed by atoms with Crippen LogP contribution in [0.5, 0.6) is 0 Å². The Labute approximate surface area is 135 Å². The topological polar surface area (TPSA) is 64.6 Å². The molecule has 3 aliphatic rings. The molecular weight excluding hydrogens is 350 g/mol. The number of hydrogen-bond acceptors (Lipinski definition) is 5. The maximum atomic E-state index is 12.1. The minimum Gasteiger partial charge on any atom is -0.456 e. The molecule has 22 heavy (non-hydrogen) atoms. The minimum absolute atomic E-state index is 0.213. The number of halogens is 1. The number of esters is 2. The van der Waals surface area contributed by atoms with Gasteiger partial charge in [-0.1, -0.05) is 28.1 Å². The molecule has 5 nitrogen and oxygen atoms in total. The molecule has 0 saturated heterocycles. The predicted octanol–water partition coefficient (Wildman–Crippen LogP) is 2.07. The Morgan fingerprint density at radius 3 is 2.23 bits per heavy atom. The summed E-state index contributed by atoms with van der Waals surface area (Å²) < 4.78 is 11.3. The van der Waals surface area contributed by atoms with Crippen molar-refractivity contribution >= 4 is 27.9 Å². The molecule has 6 heteroatoms. The first-order valence-corrected chi connectivity index (χ1v) is 7.69. The highest BCUT2D eigenvalue weighted by Gasteiger charge is 2.45. The third-order valence-corrected chi connectivity index (χ3v) is 5.07. The van der Waals surface area contributed by atoms with Gasteiger partial charge in [0.2, 0.25) is 0 Å². The lowest BCUT2D eigenvalue weighted by molar-refractivity contribution is -0.136. The summed E-state index contributed by atoms with van der Waals surface area (Å²) in [5.41, 5.74) is 4.41. The number of ether oxygens (including phenoxy) is 2. The van der Waals surface area contributed by atoms with Crippen LogP contribution in [0.4, 0.5) is 0 Å². The Hall–Kier alpha value is -2.08. The molecule has 1 aromatic carbocycles. The molecule has 112 valence electrons. The fraction of sp³-hybridized carbons (Fsp3) is 0.250. The van der Waals surface area contributed by atoms with Crippen molar-refractivity contribution in [1.29, 1.82) is 0 Å². The molecule has 4 rings (SSSR count). The van der Waals surface area contributed by atoms with Gasteiger partial charge in [-0.05, 0) is 24.1 Å². The summed E-state index contributed by atoms with van der Waals surface area (Å²) in [6.07, 6.45) is 0. The van der Waals surface area contributed by atoms with Gasteiger partial charge in [-0.2, -0.15) is 0 Å². The molecule has 0 saturated carbocycles. The van der Waals surface area contributed by atoms with E-state index in [9.17, 15) is 9.59 Å². The van der Waals surface area contributed by atoms with E-state index in [1.54, 1.807) is 0 Å². The number of dihydropyridines is 1. The third-order valence-electron chi connectivity index (χ3n) is 4.18. The van der Waals surface area contributed by atoms with Crippen LogP contribution in [0.15, 0.2) is 45.2 Å². The van der Waals surface area contributed by atoms with E-state index in [2.05, 4.69) is 21.2 Å². The first-order valence-electron chi connectivity index (χ1n) is 6.89. The highest BCUT2D eigenvalue weighted by Crippen LogP contribution is 2.43. The summed E-state index contributed by atoms with van der Waals surface area (Å²) in [6, 6.07) is 5.82. The van der Waals surface area contributed by atoms with Crippen LogP contribution in [0.25, 0.3) is 0 Å². The molecule has 0 bridgehead atoms. The van der Waals surface area contributed by atoms with Crippen LogP contribution in [0.1, 0.15) is 17.0 Å². The number of rotatable bonds is 1. The van der Waals surface area contributed by atoms with Gasteiger partial charge in [-0.3, -0.25) is 0 Å². The standard InChI is InChI=1S/C16H12BrNO4/c1-7-4-8(2-3-9(7)17)12-13-10(5-21-15(13)19)18-11-6-22-16(20)14(11)12/h2-4,12,18H,5-6H2,1H3. The van der Waals surface area contributed by atoms with Crippen LogP contribution in [0.2, 0.25) is 0 Å². The Morgan fingerprint density at radius 1 is 1.09 bits per heavy atom. The molecular formula is C16H12BrNO4. The van der Waals surface area contributed by atoms with Gasteiger partial charge < -0.3 is 14.8 Å². The normalized spacial score (nSPS) is 20.6. The quantitative estimate of drug-likeness (QED) is 0.775. The molecule has 0 atom stereocenters. The molecule has 1 N–H and O–H groups in total. The van der Waals surface area contributed by atoms with Crippen molar-refractivity contribution in [2.45, 2.75) is 12.8 Å². The molecule has 1 aromatic rings. The number of aryl methyl sites for hydroxylation is 1. The Kier molecular flexibility index (Phi) is 2.91. The molecule has 0 fully saturated rings. The smallest absolute Gasteiger partial charge is 0.337 e. The second-order valence-corrected chi connectivity index (χ2v) is 6.36. The molecule has 0 aromatic heterocycles. The van der Waals surface area contributed by atoms with E-state index < -0.39 is 5.92 Å². The maximum absolute atomic E-state index is 12.1. The molecule has 0 aliphatic carbocycles. The Balaban J connectivity index is 1.91. The summed E-state index contributed by atoms with van der Waals surface area (Å²) in [5.74, 6) is -1.18. The lowest BCUT2D eigenvalue weighted by atomic mass is 9.81. The van der Waals surface area contributed by atoms with Gasteiger partial charge in [0, 0.05) is 4.47 Å². The minimum atomic E-state index is -0.428. The summed E-state index contributed by atoms with van der Waals surface area (Å²) in [5, 5.41) is 3.12. The second-order valence-electron chi connectivity index (χ2n) is 5.50. The lowest BCUT2D eigenvalue weighted by Gasteiger charge is -2.24. The van der Waals surface area contributed by atoms with E-state index in [1.807, 2.05) is 25.1 Å². The number of benzene rings is 1. The Morgan fingerprint density at radius 2 is 1.68 bits per heavy atom. The van der Waals surface area contributed by atoms with Gasteiger partial charge >= 0.3 is 11.9 Å². The van der Waals surface area contributed by atoms with Crippen molar-refractivity contribution in [2.24, 2.45) is 0 Å². The van der Waals surface area contributed by atoms with Crippen LogP contribution in [0, 0.1) is 6.92 Å². The van der Waals surface area contributed by atoms with E-state index in [4.69, 9.17) is 9.47 Å². The summed E-state index contributed by atoms with van der Waals surface area (Å²) in [4.78, 5) is 24.3. The molecule has 0 unspecified atom stereocenters. The van der Waals surface area contributed by atoms with E-state index in [0.717, 1.165) is 27.0 Å². The van der Waals surface area contributed by atoms with E-state index in [-0.39, 0.29) is 25.2 Å². The molecule has 3 aliphatic heterocycles. The van der Waals surface area contributed by atoms with Gasteiger partial charge in [0.15, 0.2) is 0 Å². The van der Waals surface area contributed by atoms with Crippen molar-refractivity contribution in [1.82, 2.24) is 5.32 Å². The number of cyclic esters (lactones) is 2. The summed E-state index contributed by atoms with van der Waals surface area (Å²) in [6.45, 7) is 2.40. The van der Waals surface area contributed by atoms with Crippen LogP contribution in [-0.4, -0.2) is 25.2 Å². The van der Waals surface area contributed by atoms with Gasteiger partial charge in [0.25, 0.3) is 0 Å². The fourth-order valence-electron chi connectivity index (χ4n) is 3.13. The Bertz CT molecular complexity index is 753. The monoisotopic (exact) mass is 361 g/mol. The van der Waals surface area contributed by atoms with Crippen molar-refractivity contribution in [2.75, 3.05) is 13.2 Å². The zero-order chi connectivity index (χ0) is 15.4. The van der Waals surface area contributed by atoms with Crippen molar-refractivity contribution in [3.05, 3.63) is 56.3 Å². The van der Waals surface area contributed by atoms with Crippen LogP contribution in [0.3, 0.4) is 0 Å². The van der Waals surface area contributed by atoms with Crippen molar-refractivity contribution in [3.63, 3.8) is 0 Å². The van der Waals surface area contributed by atoms with E-state index in [1.165, 1.54) is 0 Å². The zero-order valence-electron chi connectivity index (χ0n) is 11.7. The first kappa shape index (κ1) is 13.6. The second kappa shape index (κ2) is 4.71. The molecule has 0 spiro atoms. The van der Waals surface area contributed by atoms with Crippen LogP contribution < -0.4 is 5.32 Å². The van der Waals surface area contributed by atoms with Crippen molar-refractivity contribution in [3.8, 4) is 0 Å². The predicted molar refractivity (Wildman–Crippen MR) is 80.7 cm³/mol. The lowest BCUT2D eigenvalue weighted by Crippen LogP contribution is -2.27. The number of carbonyl (C=O) groups excluding carboxylic acids is 2. The maximum Gasteiger partial charge on any atom is 0.337 e. The third kappa shape index (κ3) is 1.83. The number of carbonyl (C=O) groups is 2. The molecule has 0 radical (unpaired) electrons. The van der Waals surface area contributed by atoms with Crippen LogP contribution in [-0.2, 0) is 19.1 Å². The van der Waals surface area contributed by atoms with Crippen LogP contribution >= 0.6 is 15.9 Å². The largest absolute Gasteiger partial charge is 0.456 e. The molecule has 0 amide bonds. The molecule has 3 heterocycles. The SMILES string of the molecule is Cc1cc(C2C3=C(COC3=O)NC3=C2C(=O)OC3)ccc1Br. The zero-order valence-corrected chi connectivity index (χ0v) is 13.3. The fourth-order valence-corrected chi connectivity index (χ4v) is 3.38. The van der Waals surface area contributed by atoms with E-state index in [0.29, 0.717) is 11.1 Å².